The minimum Gasteiger partial charge on any atom is -0.392 e. The molecule has 0 saturated carbocycles. The maximum Gasteiger partial charge on any atom is 0.00724 e. The van der Waals surface area contributed by atoms with Gasteiger partial charge < -0.3 is 5.32 Å². The number of allylic oxidation sites excluding steroid dienone is 4. The van der Waals surface area contributed by atoms with E-state index in [0.29, 0.717) is 5.41 Å². The number of nitrogens with one attached hydrogen (secondary N) is 1. The molecule has 1 heteroatoms. The first-order chi connectivity index (χ1) is 5.91. The molecule has 0 amide bonds. The third kappa shape index (κ3) is 4.76. The van der Waals surface area contributed by atoms with Gasteiger partial charge in [-0.1, -0.05) is 39.3 Å². The van der Waals surface area contributed by atoms with Gasteiger partial charge in [-0.2, -0.15) is 0 Å². The molecule has 0 atom stereocenters. The van der Waals surface area contributed by atoms with Crippen molar-refractivity contribution in [2.24, 2.45) is 5.41 Å². The Hall–Kier alpha value is -0.720. The summed E-state index contributed by atoms with van der Waals surface area (Å²) in [5.74, 6) is 0. The van der Waals surface area contributed by atoms with Gasteiger partial charge in [-0.25, -0.2) is 0 Å². The maximum atomic E-state index is 3.11. The zero-order valence-electron chi connectivity index (χ0n) is 9.86. The molecule has 0 saturated heterocycles. The second kappa shape index (κ2) is 5.11. The zero-order valence-corrected chi connectivity index (χ0v) is 9.86. The van der Waals surface area contributed by atoms with Crippen molar-refractivity contribution in [2.45, 2.75) is 41.0 Å². The molecule has 0 heterocycles. The molecule has 1 nitrogen and oxygen atoms in total. The fourth-order valence-corrected chi connectivity index (χ4v) is 1.21. The van der Waals surface area contributed by atoms with E-state index in [1.54, 1.807) is 0 Å². The van der Waals surface area contributed by atoms with E-state index in [-0.39, 0.29) is 0 Å². The first-order valence-electron chi connectivity index (χ1n) is 4.97. The number of hydrogen-bond donors (Lipinski definition) is 1. The van der Waals surface area contributed by atoms with Gasteiger partial charge in [0.05, 0.1) is 0 Å². The van der Waals surface area contributed by atoms with Crippen LogP contribution in [0.2, 0.25) is 0 Å². The topological polar surface area (TPSA) is 12.0 Å². The average Bonchev–Trinajstić information content (AvgIpc) is 2.02. The van der Waals surface area contributed by atoms with Crippen LogP contribution in [0.3, 0.4) is 0 Å². The molecule has 0 aromatic heterocycles. The Morgan fingerprint density at radius 1 is 1.23 bits per heavy atom. The second-order valence-corrected chi connectivity index (χ2v) is 4.40. The van der Waals surface area contributed by atoms with E-state index in [2.05, 4.69) is 52.1 Å². The third-order valence-electron chi connectivity index (χ3n) is 2.27. The van der Waals surface area contributed by atoms with Crippen molar-refractivity contribution in [3.8, 4) is 0 Å². The van der Waals surface area contributed by atoms with E-state index in [9.17, 15) is 0 Å². The highest BCUT2D eigenvalue weighted by molar-refractivity contribution is 5.19. The molecular formula is C12H23N. The Labute approximate surface area is 82.9 Å². The predicted octanol–water partition coefficient (Wildman–Crippen LogP) is 3.49. The summed E-state index contributed by atoms with van der Waals surface area (Å²) in [5, 5.41) is 3.11. The van der Waals surface area contributed by atoms with E-state index in [1.165, 1.54) is 11.3 Å². The van der Waals surface area contributed by atoms with Gasteiger partial charge in [-0.15, -0.1) is 0 Å². The molecule has 0 fully saturated rings. The summed E-state index contributed by atoms with van der Waals surface area (Å²) < 4.78 is 0. The van der Waals surface area contributed by atoms with Crippen LogP contribution in [-0.2, 0) is 0 Å². The predicted molar refractivity (Wildman–Crippen MR) is 60.6 cm³/mol. The fraction of sp³-hybridized carbons (Fsp3) is 0.667. The van der Waals surface area contributed by atoms with E-state index < -0.39 is 0 Å². The summed E-state index contributed by atoms with van der Waals surface area (Å²) >= 11 is 0. The minimum atomic E-state index is 0.291. The summed E-state index contributed by atoms with van der Waals surface area (Å²) in [6.45, 7) is 11.0. The van der Waals surface area contributed by atoms with Gasteiger partial charge in [-0.05, 0) is 24.8 Å². The fourth-order valence-electron chi connectivity index (χ4n) is 1.21. The molecule has 0 rings (SSSR count). The number of hydrogen-bond acceptors (Lipinski definition) is 1. The van der Waals surface area contributed by atoms with Crippen LogP contribution in [0, 0.1) is 5.41 Å². The first-order valence-corrected chi connectivity index (χ1v) is 4.97. The lowest BCUT2D eigenvalue weighted by atomic mass is 9.84. The van der Waals surface area contributed by atoms with Gasteiger partial charge in [0, 0.05) is 12.7 Å². The lowest BCUT2D eigenvalue weighted by molar-refractivity contribution is 0.488. The summed E-state index contributed by atoms with van der Waals surface area (Å²) in [5.41, 5.74) is 2.98. The highest BCUT2D eigenvalue weighted by Crippen LogP contribution is 2.27. The quantitative estimate of drug-likeness (QED) is 0.657. The largest absolute Gasteiger partial charge is 0.392 e. The molecule has 0 spiro atoms. The van der Waals surface area contributed by atoms with Crippen LogP contribution in [0.1, 0.15) is 41.0 Å². The lowest BCUT2D eigenvalue weighted by Gasteiger charge is -2.21. The van der Waals surface area contributed by atoms with Crippen LogP contribution in [0.5, 0.6) is 0 Å². The molecule has 13 heavy (non-hydrogen) atoms. The Balaban J connectivity index is 4.59. The van der Waals surface area contributed by atoms with Crippen molar-refractivity contribution >= 4 is 0 Å². The summed E-state index contributed by atoms with van der Waals surface area (Å²) in [7, 11) is 1.95. The van der Waals surface area contributed by atoms with Gasteiger partial charge in [0.25, 0.3) is 0 Å². The van der Waals surface area contributed by atoms with Gasteiger partial charge in [-0.3, -0.25) is 0 Å². The standard InChI is InChI=1S/C12H23N/c1-7-11(12(3,4)5)9-8-10(2)13-6/h8-9,13H,7H2,1-6H3/b10-8+,11-9+. The summed E-state index contributed by atoms with van der Waals surface area (Å²) in [6.07, 6.45) is 5.49. The lowest BCUT2D eigenvalue weighted by Crippen LogP contribution is -2.08. The minimum absolute atomic E-state index is 0.291. The van der Waals surface area contributed by atoms with Gasteiger partial charge in [0.15, 0.2) is 0 Å². The Morgan fingerprint density at radius 2 is 1.77 bits per heavy atom. The molecule has 0 aromatic carbocycles. The molecule has 0 unspecified atom stereocenters. The first kappa shape index (κ1) is 12.3. The van der Waals surface area contributed by atoms with Crippen molar-refractivity contribution in [1.29, 1.82) is 0 Å². The smallest absolute Gasteiger partial charge is 0.00724 e. The van der Waals surface area contributed by atoms with Gasteiger partial charge >= 0.3 is 0 Å². The molecule has 0 bridgehead atoms. The van der Waals surface area contributed by atoms with Crippen LogP contribution in [-0.4, -0.2) is 7.05 Å². The van der Waals surface area contributed by atoms with E-state index in [4.69, 9.17) is 0 Å². The Bertz CT molecular complexity index is 204. The normalized spacial score (nSPS) is 14.6. The van der Waals surface area contributed by atoms with Gasteiger partial charge in [0.1, 0.15) is 0 Å². The molecular weight excluding hydrogens is 158 g/mol. The van der Waals surface area contributed by atoms with Crippen molar-refractivity contribution in [3.05, 3.63) is 23.4 Å². The molecule has 0 aromatic rings. The average molecular weight is 181 g/mol. The Morgan fingerprint density at radius 3 is 2.08 bits per heavy atom. The van der Waals surface area contributed by atoms with Crippen LogP contribution in [0.4, 0.5) is 0 Å². The van der Waals surface area contributed by atoms with Crippen LogP contribution >= 0.6 is 0 Å². The van der Waals surface area contributed by atoms with Crippen molar-refractivity contribution < 1.29 is 0 Å². The SMILES string of the molecule is CC/C(=C\C=C(/C)NC)C(C)(C)C. The molecule has 76 valence electrons. The van der Waals surface area contributed by atoms with E-state index in [0.717, 1.165) is 6.42 Å². The number of rotatable bonds is 3. The Kier molecular flexibility index (Phi) is 4.82. The molecule has 0 aliphatic carbocycles. The van der Waals surface area contributed by atoms with Crippen molar-refractivity contribution in [3.63, 3.8) is 0 Å². The maximum absolute atomic E-state index is 3.11. The molecule has 0 aliphatic rings. The summed E-state index contributed by atoms with van der Waals surface area (Å²) in [6, 6.07) is 0. The van der Waals surface area contributed by atoms with Crippen LogP contribution in [0.25, 0.3) is 0 Å². The zero-order chi connectivity index (χ0) is 10.5. The van der Waals surface area contributed by atoms with Crippen molar-refractivity contribution in [1.82, 2.24) is 5.32 Å². The van der Waals surface area contributed by atoms with Crippen LogP contribution in [0.15, 0.2) is 23.4 Å². The van der Waals surface area contributed by atoms with Crippen LogP contribution < -0.4 is 5.32 Å². The molecule has 0 radical (unpaired) electrons. The van der Waals surface area contributed by atoms with E-state index in [1.807, 2.05) is 7.05 Å². The summed E-state index contributed by atoms with van der Waals surface area (Å²) in [4.78, 5) is 0. The van der Waals surface area contributed by atoms with Crippen molar-refractivity contribution in [2.75, 3.05) is 7.05 Å². The monoisotopic (exact) mass is 181 g/mol. The third-order valence-corrected chi connectivity index (χ3v) is 2.27. The second-order valence-electron chi connectivity index (χ2n) is 4.40. The molecule has 1 N–H and O–H groups in total. The molecule has 0 aliphatic heterocycles. The van der Waals surface area contributed by atoms with Gasteiger partial charge in [0.2, 0.25) is 0 Å². The van der Waals surface area contributed by atoms with E-state index >= 15 is 0 Å². The highest BCUT2D eigenvalue weighted by atomic mass is 14.8. The highest BCUT2D eigenvalue weighted by Gasteiger charge is 2.13.